The maximum Gasteiger partial charge on any atom is 0.337 e. The summed E-state index contributed by atoms with van der Waals surface area (Å²) in [5.74, 6) is -0.841. The number of aromatic carboxylic acids is 1. The van der Waals surface area contributed by atoms with E-state index < -0.39 is 5.97 Å². The standard InChI is InChI=1S/C19H22N2O3/c1-13(2)11-12-20-16-9-5-3-7-14(16)18(22)21-17-10-6-4-8-15(17)19(23)24/h3-10,13,20H,11-12H2,1-2H3,(H,21,22)(H,23,24). The minimum absolute atomic E-state index is 0.0658. The number of hydrogen-bond acceptors (Lipinski definition) is 3. The molecule has 5 nitrogen and oxygen atoms in total. The highest BCUT2D eigenvalue weighted by atomic mass is 16.4. The van der Waals surface area contributed by atoms with Gasteiger partial charge in [0.1, 0.15) is 0 Å². The normalized spacial score (nSPS) is 10.5. The summed E-state index contributed by atoms with van der Waals surface area (Å²) in [6.45, 7) is 5.06. The third-order valence-electron chi connectivity index (χ3n) is 3.61. The van der Waals surface area contributed by atoms with E-state index in [1.807, 2.05) is 12.1 Å². The number of carbonyl (C=O) groups is 2. The van der Waals surface area contributed by atoms with Gasteiger partial charge in [0, 0.05) is 12.2 Å². The molecule has 1 amide bonds. The van der Waals surface area contributed by atoms with Gasteiger partial charge in [-0.1, -0.05) is 38.1 Å². The van der Waals surface area contributed by atoms with Crippen molar-refractivity contribution in [1.82, 2.24) is 0 Å². The van der Waals surface area contributed by atoms with Crippen LogP contribution in [0.3, 0.4) is 0 Å². The van der Waals surface area contributed by atoms with Crippen molar-refractivity contribution in [2.45, 2.75) is 20.3 Å². The molecule has 24 heavy (non-hydrogen) atoms. The van der Waals surface area contributed by atoms with Crippen LogP contribution in [-0.2, 0) is 0 Å². The molecule has 0 spiro atoms. The number of amides is 1. The monoisotopic (exact) mass is 326 g/mol. The second-order valence-corrected chi connectivity index (χ2v) is 5.96. The molecule has 2 aromatic rings. The summed E-state index contributed by atoms with van der Waals surface area (Å²) in [7, 11) is 0. The average Bonchev–Trinajstić information content (AvgIpc) is 2.55. The molecule has 2 rings (SSSR count). The van der Waals surface area contributed by atoms with Gasteiger partial charge >= 0.3 is 5.97 Å². The van der Waals surface area contributed by atoms with E-state index in [2.05, 4.69) is 24.5 Å². The summed E-state index contributed by atoms with van der Waals surface area (Å²) in [6.07, 6.45) is 0.998. The third kappa shape index (κ3) is 4.59. The zero-order chi connectivity index (χ0) is 17.5. The van der Waals surface area contributed by atoms with Gasteiger partial charge in [-0.2, -0.15) is 0 Å². The van der Waals surface area contributed by atoms with E-state index in [4.69, 9.17) is 0 Å². The van der Waals surface area contributed by atoms with Crippen LogP contribution in [0.4, 0.5) is 11.4 Å². The lowest BCUT2D eigenvalue weighted by atomic mass is 10.1. The van der Waals surface area contributed by atoms with Crippen molar-refractivity contribution in [2.75, 3.05) is 17.2 Å². The van der Waals surface area contributed by atoms with Gasteiger partial charge in [-0.15, -0.1) is 0 Å². The molecular formula is C19H22N2O3. The van der Waals surface area contributed by atoms with Crippen LogP contribution in [0.15, 0.2) is 48.5 Å². The smallest absolute Gasteiger partial charge is 0.337 e. The Bertz CT molecular complexity index is 726. The summed E-state index contributed by atoms with van der Waals surface area (Å²) in [6, 6.07) is 13.6. The molecule has 0 aliphatic heterocycles. The molecule has 0 aliphatic carbocycles. The lowest BCUT2D eigenvalue weighted by Crippen LogP contribution is -2.17. The Labute approximate surface area is 141 Å². The van der Waals surface area contributed by atoms with Gasteiger partial charge in [0.2, 0.25) is 0 Å². The summed E-state index contributed by atoms with van der Waals surface area (Å²) in [5, 5.41) is 15.2. The van der Waals surface area contributed by atoms with Crippen LogP contribution in [0, 0.1) is 5.92 Å². The average molecular weight is 326 g/mol. The molecule has 0 aromatic heterocycles. The van der Waals surface area contributed by atoms with E-state index in [0.717, 1.165) is 18.7 Å². The van der Waals surface area contributed by atoms with Gasteiger partial charge in [-0.25, -0.2) is 4.79 Å². The molecule has 0 fully saturated rings. The van der Waals surface area contributed by atoms with Crippen molar-refractivity contribution >= 4 is 23.3 Å². The zero-order valence-corrected chi connectivity index (χ0v) is 13.9. The predicted molar refractivity (Wildman–Crippen MR) is 95.7 cm³/mol. The van der Waals surface area contributed by atoms with Gasteiger partial charge in [-0.3, -0.25) is 4.79 Å². The molecule has 0 saturated heterocycles. The number of para-hydroxylation sites is 2. The van der Waals surface area contributed by atoms with E-state index in [1.54, 1.807) is 30.3 Å². The number of nitrogens with one attached hydrogen (secondary N) is 2. The molecular weight excluding hydrogens is 304 g/mol. The molecule has 0 bridgehead atoms. The van der Waals surface area contributed by atoms with Crippen LogP contribution in [0.1, 0.15) is 41.0 Å². The van der Waals surface area contributed by atoms with E-state index in [0.29, 0.717) is 11.5 Å². The highest BCUT2D eigenvalue weighted by Gasteiger charge is 2.15. The molecule has 5 heteroatoms. The van der Waals surface area contributed by atoms with E-state index in [1.165, 1.54) is 6.07 Å². The van der Waals surface area contributed by atoms with Crippen molar-refractivity contribution < 1.29 is 14.7 Å². The topological polar surface area (TPSA) is 78.4 Å². The number of rotatable bonds is 7. The van der Waals surface area contributed by atoms with E-state index >= 15 is 0 Å². The first kappa shape index (κ1) is 17.5. The largest absolute Gasteiger partial charge is 0.478 e. The van der Waals surface area contributed by atoms with Crippen molar-refractivity contribution in [3.63, 3.8) is 0 Å². The summed E-state index contributed by atoms with van der Waals surface area (Å²) >= 11 is 0. The zero-order valence-electron chi connectivity index (χ0n) is 13.9. The Balaban J connectivity index is 2.17. The maximum atomic E-state index is 12.6. The van der Waals surface area contributed by atoms with Gasteiger partial charge in [0.05, 0.1) is 16.8 Å². The molecule has 0 atom stereocenters. The van der Waals surface area contributed by atoms with Crippen LogP contribution in [0.25, 0.3) is 0 Å². The number of benzene rings is 2. The molecule has 2 aromatic carbocycles. The Morgan fingerprint density at radius 2 is 1.54 bits per heavy atom. The van der Waals surface area contributed by atoms with Crippen LogP contribution in [0.2, 0.25) is 0 Å². The van der Waals surface area contributed by atoms with Crippen LogP contribution in [0.5, 0.6) is 0 Å². The first-order chi connectivity index (χ1) is 11.5. The quantitative estimate of drug-likeness (QED) is 0.716. The summed E-state index contributed by atoms with van der Waals surface area (Å²) < 4.78 is 0. The lowest BCUT2D eigenvalue weighted by Gasteiger charge is -2.14. The van der Waals surface area contributed by atoms with E-state index in [9.17, 15) is 14.7 Å². The fraction of sp³-hybridized carbons (Fsp3) is 0.263. The van der Waals surface area contributed by atoms with Crippen LogP contribution >= 0.6 is 0 Å². The van der Waals surface area contributed by atoms with Gasteiger partial charge in [0.25, 0.3) is 5.91 Å². The van der Waals surface area contributed by atoms with Crippen molar-refractivity contribution in [3.8, 4) is 0 Å². The number of carboxylic acid groups (broad SMARTS) is 1. The minimum Gasteiger partial charge on any atom is -0.478 e. The van der Waals surface area contributed by atoms with Crippen molar-refractivity contribution in [1.29, 1.82) is 0 Å². The Morgan fingerprint density at radius 1 is 0.958 bits per heavy atom. The number of hydrogen-bond donors (Lipinski definition) is 3. The highest BCUT2D eigenvalue weighted by Crippen LogP contribution is 2.20. The molecule has 0 heterocycles. The summed E-state index contributed by atoms with van der Waals surface area (Å²) in [5.41, 5.74) is 1.58. The van der Waals surface area contributed by atoms with Crippen molar-refractivity contribution in [2.24, 2.45) is 5.92 Å². The molecule has 3 N–H and O–H groups in total. The fourth-order valence-electron chi connectivity index (χ4n) is 2.30. The minimum atomic E-state index is -1.07. The Hall–Kier alpha value is -2.82. The lowest BCUT2D eigenvalue weighted by molar-refractivity contribution is 0.0698. The third-order valence-corrected chi connectivity index (χ3v) is 3.61. The molecule has 0 unspecified atom stereocenters. The predicted octanol–water partition coefficient (Wildman–Crippen LogP) is 4.10. The van der Waals surface area contributed by atoms with Gasteiger partial charge in [0.15, 0.2) is 0 Å². The maximum absolute atomic E-state index is 12.6. The number of anilines is 2. The second kappa shape index (κ2) is 8.15. The van der Waals surface area contributed by atoms with E-state index in [-0.39, 0.29) is 17.2 Å². The SMILES string of the molecule is CC(C)CCNc1ccccc1C(=O)Nc1ccccc1C(=O)O. The first-order valence-electron chi connectivity index (χ1n) is 7.95. The second-order valence-electron chi connectivity index (χ2n) is 5.96. The molecule has 0 saturated carbocycles. The fourth-order valence-corrected chi connectivity index (χ4v) is 2.30. The molecule has 0 aliphatic rings. The number of carbonyl (C=O) groups excluding carboxylic acids is 1. The Morgan fingerprint density at radius 3 is 2.17 bits per heavy atom. The van der Waals surface area contributed by atoms with Gasteiger partial charge in [-0.05, 0) is 36.6 Å². The highest BCUT2D eigenvalue weighted by molar-refractivity contribution is 6.10. The first-order valence-corrected chi connectivity index (χ1v) is 7.95. The summed E-state index contributed by atoms with van der Waals surface area (Å²) in [4.78, 5) is 23.8. The number of carboxylic acids is 1. The van der Waals surface area contributed by atoms with Crippen LogP contribution in [-0.4, -0.2) is 23.5 Å². The van der Waals surface area contributed by atoms with Crippen molar-refractivity contribution in [3.05, 3.63) is 59.7 Å². The Kier molecular flexibility index (Phi) is 5.95. The van der Waals surface area contributed by atoms with Gasteiger partial charge < -0.3 is 15.7 Å². The molecule has 0 radical (unpaired) electrons. The van der Waals surface area contributed by atoms with Crippen LogP contribution < -0.4 is 10.6 Å². The molecule has 126 valence electrons.